The standard InChI is InChI=1S/C22H23N3O4/c26-21-19-16(15-6-7-17-18(12-15)29-13-28-17)8-10-23-20(19)25(22(27)24-21)11-9-14-4-2-1-3-5-14/h1-7,12,16,19-20,23H,8-11,13H2,(H,24,26,27). The maximum absolute atomic E-state index is 12.8. The van der Waals surface area contributed by atoms with Gasteiger partial charge in [0.05, 0.1) is 12.1 Å². The van der Waals surface area contributed by atoms with Crippen molar-refractivity contribution in [1.82, 2.24) is 15.5 Å². The Labute approximate surface area is 169 Å². The summed E-state index contributed by atoms with van der Waals surface area (Å²) in [6.45, 7) is 1.51. The summed E-state index contributed by atoms with van der Waals surface area (Å²) >= 11 is 0. The first kappa shape index (κ1) is 18.0. The van der Waals surface area contributed by atoms with Crippen molar-refractivity contribution in [3.8, 4) is 11.5 Å². The Morgan fingerprint density at radius 1 is 1.03 bits per heavy atom. The number of benzene rings is 2. The predicted molar refractivity (Wildman–Crippen MR) is 106 cm³/mol. The van der Waals surface area contributed by atoms with Crippen molar-refractivity contribution in [2.45, 2.75) is 24.9 Å². The number of carbonyl (C=O) groups excluding carboxylic acids is 2. The Morgan fingerprint density at radius 2 is 1.86 bits per heavy atom. The highest BCUT2D eigenvalue weighted by molar-refractivity contribution is 5.99. The van der Waals surface area contributed by atoms with E-state index >= 15 is 0 Å². The van der Waals surface area contributed by atoms with Crippen LogP contribution in [0.2, 0.25) is 0 Å². The van der Waals surface area contributed by atoms with Crippen molar-refractivity contribution in [3.63, 3.8) is 0 Å². The number of piperidine rings is 1. The van der Waals surface area contributed by atoms with E-state index in [0.29, 0.717) is 12.3 Å². The molecule has 7 heteroatoms. The van der Waals surface area contributed by atoms with Crippen molar-refractivity contribution in [3.05, 3.63) is 59.7 Å². The minimum atomic E-state index is -0.349. The maximum Gasteiger partial charge on any atom is 0.325 e. The van der Waals surface area contributed by atoms with Gasteiger partial charge in [0.25, 0.3) is 0 Å². The van der Waals surface area contributed by atoms with Gasteiger partial charge in [0.2, 0.25) is 12.7 Å². The largest absolute Gasteiger partial charge is 0.454 e. The number of urea groups is 1. The van der Waals surface area contributed by atoms with Crippen molar-refractivity contribution in [1.29, 1.82) is 0 Å². The third-order valence-corrected chi connectivity index (χ3v) is 6.02. The molecule has 3 aliphatic heterocycles. The van der Waals surface area contributed by atoms with Gasteiger partial charge < -0.3 is 14.4 Å². The summed E-state index contributed by atoms with van der Waals surface area (Å²) < 4.78 is 10.9. The molecule has 3 heterocycles. The summed E-state index contributed by atoms with van der Waals surface area (Å²) in [6, 6.07) is 15.6. The highest BCUT2D eigenvalue weighted by Gasteiger charge is 2.47. The van der Waals surface area contributed by atoms with Crippen LogP contribution in [0.4, 0.5) is 4.79 Å². The minimum absolute atomic E-state index is 0.00285. The summed E-state index contributed by atoms with van der Waals surface area (Å²) in [5, 5.41) is 5.98. The van der Waals surface area contributed by atoms with Gasteiger partial charge in [-0.1, -0.05) is 36.4 Å². The van der Waals surface area contributed by atoms with E-state index in [0.717, 1.165) is 36.3 Å². The Kier molecular flexibility index (Phi) is 4.60. The molecule has 0 bridgehead atoms. The number of carbonyl (C=O) groups is 2. The number of rotatable bonds is 4. The fraction of sp³-hybridized carbons (Fsp3) is 0.364. The van der Waals surface area contributed by atoms with Crippen LogP contribution in [0.15, 0.2) is 48.5 Å². The number of nitrogens with zero attached hydrogens (tertiary/aromatic N) is 1. The Hall–Kier alpha value is -3.06. The van der Waals surface area contributed by atoms with E-state index in [-0.39, 0.29) is 36.7 Å². The quantitative estimate of drug-likeness (QED) is 0.833. The third kappa shape index (κ3) is 3.31. The summed E-state index contributed by atoms with van der Waals surface area (Å²) in [4.78, 5) is 27.2. The van der Waals surface area contributed by atoms with Crippen molar-refractivity contribution < 1.29 is 19.1 Å². The second-order valence-corrected chi connectivity index (χ2v) is 7.66. The SMILES string of the molecule is O=C1NC(=O)N(CCc2ccccc2)C2NCCC(c3ccc4c(c3)OCO4)C12. The van der Waals surface area contributed by atoms with E-state index < -0.39 is 0 Å². The first-order valence-electron chi connectivity index (χ1n) is 9.99. The average Bonchev–Trinajstić information content (AvgIpc) is 3.21. The van der Waals surface area contributed by atoms with Gasteiger partial charge in [-0.05, 0) is 42.6 Å². The monoisotopic (exact) mass is 393 g/mol. The lowest BCUT2D eigenvalue weighted by atomic mass is 9.77. The molecule has 0 saturated carbocycles. The second-order valence-electron chi connectivity index (χ2n) is 7.66. The number of nitrogens with one attached hydrogen (secondary N) is 2. The van der Waals surface area contributed by atoms with Crippen molar-refractivity contribution in [2.24, 2.45) is 5.92 Å². The molecule has 3 atom stereocenters. The molecule has 3 aliphatic rings. The van der Waals surface area contributed by atoms with E-state index in [1.807, 2.05) is 48.5 Å². The molecule has 2 fully saturated rings. The van der Waals surface area contributed by atoms with Gasteiger partial charge in [0.15, 0.2) is 11.5 Å². The normalized spacial score (nSPS) is 25.5. The molecule has 29 heavy (non-hydrogen) atoms. The van der Waals surface area contributed by atoms with Crippen LogP contribution in [0.3, 0.4) is 0 Å². The topological polar surface area (TPSA) is 79.9 Å². The van der Waals surface area contributed by atoms with Gasteiger partial charge >= 0.3 is 6.03 Å². The first-order valence-corrected chi connectivity index (χ1v) is 9.99. The zero-order valence-electron chi connectivity index (χ0n) is 16.0. The van der Waals surface area contributed by atoms with Crippen LogP contribution >= 0.6 is 0 Å². The first-order chi connectivity index (χ1) is 14.2. The fourth-order valence-electron chi connectivity index (χ4n) is 4.58. The molecule has 2 N–H and O–H groups in total. The van der Waals surface area contributed by atoms with Crippen LogP contribution in [-0.2, 0) is 11.2 Å². The average molecular weight is 393 g/mol. The van der Waals surface area contributed by atoms with E-state index in [1.54, 1.807) is 4.90 Å². The zero-order chi connectivity index (χ0) is 19.8. The summed E-state index contributed by atoms with van der Waals surface area (Å²) in [6.07, 6.45) is 1.24. The fourth-order valence-corrected chi connectivity index (χ4v) is 4.58. The zero-order valence-corrected chi connectivity index (χ0v) is 16.0. The van der Waals surface area contributed by atoms with Crippen LogP contribution in [0, 0.1) is 5.92 Å². The molecular weight excluding hydrogens is 370 g/mol. The molecule has 0 spiro atoms. The maximum atomic E-state index is 12.8. The molecule has 5 rings (SSSR count). The van der Waals surface area contributed by atoms with E-state index in [2.05, 4.69) is 10.6 Å². The Morgan fingerprint density at radius 3 is 2.72 bits per heavy atom. The third-order valence-electron chi connectivity index (χ3n) is 6.02. The number of fused-ring (bicyclic) bond motifs is 2. The van der Waals surface area contributed by atoms with Crippen LogP contribution in [0.25, 0.3) is 0 Å². The van der Waals surface area contributed by atoms with Crippen LogP contribution < -0.4 is 20.1 Å². The number of hydrogen-bond donors (Lipinski definition) is 2. The minimum Gasteiger partial charge on any atom is -0.454 e. The van der Waals surface area contributed by atoms with Crippen molar-refractivity contribution >= 4 is 11.9 Å². The van der Waals surface area contributed by atoms with E-state index in [9.17, 15) is 9.59 Å². The molecule has 7 nitrogen and oxygen atoms in total. The highest BCUT2D eigenvalue weighted by Crippen LogP contribution is 2.41. The molecule has 0 aliphatic carbocycles. The van der Waals surface area contributed by atoms with Gasteiger partial charge in [-0.3, -0.25) is 15.4 Å². The molecule has 3 amide bonds. The summed E-state index contributed by atoms with van der Waals surface area (Å²) in [5.41, 5.74) is 2.20. The van der Waals surface area contributed by atoms with E-state index in [4.69, 9.17) is 9.47 Å². The summed E-state index contributed by atoms with van der Waals surface area (Å²) in [5.74, 6) is 0.879. The number of hydrogen-bond acceptors (Lipinski definition) is 5. The smallest absolute Gasteiger partial charge is 0.325 e. The molecule has 2 aromatic rings. The Bertz CT molecular complexity index is 933. The highest BCUT2D eigenvalue weighted by atomic mass is 16.7. The second kappa shape index (κ2) is 7.40. The van der Waals surface area contributed by atoms with Crippen molar-refractivity contribution in [2.75, 3.05) is 19.9 Å². The molecule has 2 saturated heterocycles. The predicted octanol–water partition coefficient (Wildman–Crippen LogP) is 2.23. The lowest BCUT2D eigenvalue weighted by Gasteiger charge is -2.46. The van der Waals surface area contributed by atoms with Crippen LogP contribution in [0.5, 0.6) is 11.5 Å². The van der Waals surface area contributed by atoms with Crippen LogP contribution in [0.1, 0.15) is 23.5 Å². The number of ether oxygens (including phenoxy) is 2. The van der Waals surface area contributed by atoms with Gasteiger partial charge in [-0.15, -0.1) is 0 Å². The lowest BCUT2D eigenvalue weighted by Crippen LogP contribution is -2.68. The number of amides is 3. The van der Waals surface area contributed by atoms with Gasteiger partial charge in [0.1, 0.15) is 0 Å². The molecule has 0 radical (unpaired) electrons. The Balaban J connectivity index is 1.39. The summed E-state index contributed by atoms with van der Waals surface area (Å²) in [7, 11) is 0. The molecule has 150 valence electrons. The lowest BCUT2D eigenvalue weighted by molar-refractivity contribution is -0.131. The van der Waals surface area contributed by atoms with Gasteiger partial charge in [-0.2, -0.15) is 0 Å². The van der Waals surface area contributed by atoms with Gasteiger partial charge in [0, 0.05) is 12.5 Å². The molecular formula is C22H23N3O4. The molecule has 2 aromatic carbocycles. The number of imide groups is 1. The molecule has 0 aromatic heterocycles. The van der Waals surface area contributed by atoms with E-state index in [1.165, 1.54) is 0 Å². The molecule has 3 unspecified atom stereocenters. The van der Waals surface area contributed by atoms with Crippen LogP contribution in [-0.4, -0.2) is 42.9 Å². The van der Waals surface area contributed by atoms with Gasteiger partial charge in [-0.25, -0.2) is 4.79 Å².